The number of esters is 1. The average molecular weight is 332 g/mol. The van der Waals surface area contributed by atoms with Gasteiger partial charge in [-0.15, -0.1) is 11.3 Å². The van der Waals surface area contributed by atoms with Gasteiger partial charge in [0.25, 0.3) is 0 Å². The molecule has 120 valence electrons. The van der Waals surface area contributed by atoms with E-state index in [4.69, 9.17) is 4.74 Å². The Morgan fingerprint density at radius 3 is 3.04 bits per heavy atom. The van der Waals surface area contributed by atoms with Gasteiger partial charge in [-0.05, 0) is 18.4 Å². The van der Waals surface area contributed by atoms with Crippen LogP contribution in [-0.4, -0.2) is 28.2 Å². The van der Waals surface area contributed by atoms with Crippen molar-refractivity contribution in [2.24, 2.45) is 0 Å². The molecule has 0 saturated heterocycles. The summed E-state index contributed by atoms with van der Waals surface area (Å²) in [6.07, 6.45) is 5.04. The minimum absolute atomic E-state index is 0.270. The molecule has 8 heteroatoms. The van der Waals surface area contributed by atoms with Gasteiger partial charge in [-0.3, -0.25) is 0 Å². The Labute approximate surface area is 137 Å². The molecule has 0 radical (unpaired) electrons. The molecule has 2 aromatic rings. The highest BCUT2D eigenvalue weighted by molar-refractivity contribution is 7.10. The normalized spacial score (nSPS) is 17.6. The van der Waals surface area contributed by atoms with Gasteiger partial charge in [-0.2, -0.15) is 0 Å². The number of nitrogens with zero attached hydrogens (tertiary/aromatic N) is 2. The van der Waals surface area contributed by atoms with Gasteiger partial charge < -0.3 is 19.9 Å². The Hall–Kier alpha value is -2.61. The summed E-state index contributed by atoms with van der Waals surface area (Å²) < 4.78 is 6.97. The summed E-state index contributed by atoms with van der Waals surface area (Å²) in [5.41, 5.74) is 0.936. The first-order valence-electron chi connectivity index (χ1n) is 7.16. The number of ether oxygens (including phenoxy) is 1. The zero-order chi connectivity index (χ0) is 16.2. The van der Waals surface area contributed by atoms with Gasteiger partial charge in [0.1, 0.15) is 0 Å². The number of carbonyl (C=O) groups excluding carboxylic acids is 2. The molecular weight excluding hydrogens is 316 g/mol. The second kappa shape index (κ2) is 6.66. The van der Waals surface area contributed by atoms with Crippen molar-refractivity contribution >= 4 is 23.3 Å². The topological polar surface area (TPSA) is 85.2 Å². The molecule has 3 rings (SSSR count). The number of thiophene rings is 1. The minimum Gasteiger partial charge on any atom is -0.463 e. The molecule has 0 unspecified atom stereocenters. The molecule has 0 aromatic carbocycles. The van der Waals surface area contributed by atoms with Crippen molar-refractivity contribution in [1.82, 2.24) is 20.2 Å². The maximum atomic E-state index is 12.5. The van der Waals surface area contributed by atoms with Crippen LogP contribution in [0.15, 0.2) is 47.5 Å². The van der Waals surface area contributed by atoms with Crippen molar-refractivity contribution in [3.63, 3.8) is 0 Å². The Balaban J connectivity index is 2.03. The van der Waals surface area contributed by atoms with E-state index in [1.807, 2.05) is 17.5 Å². The second-order valence-electron chi connectivity index (χ2n) is 4.89. The zero-order valence-electron chi connectivity index (χ0n) is 12.5. The smallest absolute Gasteiger partial charge is 0.338 e. The number of hydrogen-bond acceptors (Lipinski definition) is 5. The van der Waals surface area contributed by atoms with Crippen LogP contribution in [0.2, 0.25) is 0 Å². The monoisotopic (exact) mass is 332 g/mol. The highest BCUT2D eigenvalue weighted by atomic mass is 32.1. The molecule has 1 aliphatic heterocycles. The molecule has 0 fully saturated rings. The largest absolute Gasteiger partial charge is 0.463 e. The SMILES string of the molecule is CCOC(=O)C1=C(Cn2ccnc2)NC(=O)N[C@@H]1c1cccs1. The van der Waals surface area contributed by atoms with Crippen LogP contribution >= 0.6 is 11.3 Å². The number of rotatable bonds is 5. The predicted molar refractivity (Wildman–Crippen MR) is 84.6 cm³/mol. The fourth-order valence-corrected chi connectivity index (χ4v) is 3.21. The van der Waals surface area contributed by atoms with E-state index >= 15 is 0 Å². The zero-order valence-corrected chi connectivity index (χ0v) is 13.3. The van der Waals surface area contributed by atoms with E-state index in [2.05, 4.69) is 15.6 Å². The third kappa shape index (κ3) is 3.26. The van der Waals surface area contributed by atoms with Crippen LogP contribution in [-0.2, 0) is 16.1 Å². The third-order valence-electron chi connectivity index (χ3n) is 3.38. The number of carbonyl (C=O) groups is 2. The summed E-state index contributed by atoms with van der Waals surface area (Å²) in [6.45, 7) is 2.36. The molecule has 0 spiro atoms. The molecule has 1 aliphatic rings. The van der Waals surface area contributed by atoms with Crippen molar-refractivity contribution in [1.29, 1.82) is 0 Å². The van der Waals surface area contributed by atoms with Crippen LogP contribution in [0.3, 0.4) is 0 Å². The molecule has 23 heavy (non-hydrogen) atoms. The first kappa shape index (κ1) is 15.3. The molecule has 7 nitrogen and oxygen atoms in total. The van der Waals surface area contributed by atoms with E-state index in [9.17, 15) is 9.59 Å². The van der Waals surface area contributed by atoms with Crippen molar-refractivity contribution in [2.45, 2.75) is 19.5 Å². The third-order valence-corrected chi connectivity index (χ3v) is 4.31. The molecule has 0 bridgehead atoms. The molecule has 2 aromatic heterocycles. The summed E-state index contributed by atoms with van der Waals surface area (Å²) in [7, 11) is 0. The summed E-state index contributed by atoms with van der Waals surface area (Å²) in [6, 6.07) is 2.91. The predicted octanol–water partition coefficient (Wildman–Crippen LogP) is 1.82. The average Bonchev–Trinajstić information content (AvgIpc) is 3.20. The lowest BCUT2D eigenvalue weighted by atomic mass is 10.0. The van der Waals surface area contributed by atoms with Gasteiger partial charge in [-0.1, -0.05) is 6.07 Å². The molecule has 0 aliphatic carbocycles. The van der Waals surface area contributed by atoms with Gasteiger partial charge in [0.2, 0.25) is 0 Å². The summed E-state index contributed by atoms with van der Waals surface area (Å²) >= 11 is 1.48. The number of allylic oxidation sites excluding steroid dienone is 1. The molecule has 1 atom stereocenters. The quantitative estimate of drug-likeness (QED) is 0.818. The van der Waals surface area contributed by atoms with Crippen LogP contribution in [0.1, 0.15) is 17.8 Å². The van der Waals surface area contributed by atoms with Crippen molar-refractivity contribution < 1.29 is 14.3 Å². The number of urea groups is 1. The molecule has 3 heterocycles. The van der Waals surface area contributed by atoms with Crippen molar-refractivity contribution in [3.8, 4) is 0 Å². The van der Waals surface area contributed by atoms with E-state index in [0.29, 0.717) is 17.8 Å². The Kier molecular flexibility index (Phi) is 4.42. The summed E-state index contributed by atoms with van der Waals surface area (Å²) in [5.74, 6) is -0.437. The van der Waals surface area contributed by atoms with Crippen LogP contribution in [0, 0.1) is 0 Å². The van der Waals surface area contributed by atoms with E-state index in [1.54, 1.807) is 30.2 Å². The minimum atomic E-state index is -0.513. The van der Waals surface area contributed by atoms with E-state index in [0.717, 1.165) is 4.88 Å². The van der Waals surface area contributed by atoms with Crippen molar-refractivity contribution in [3.05, 3.63) is 52.4 Å². The van der Waals surface area contributed by atoms with E-state index in [-0.39, 0.29) is 12.6 Å². The summed E-state index contributed by atoms with van der Waals surface area (Å²) in [5, 5.41) is 7.42. The fraction of sp³-hybridized carbons (Fsp3) is 0.267. The van der Waals surface area contributed by atoms with E-state index < -0.39 is 12.0 Å². The Bertz CT molecular complexity index is 722. The maximum Gasteiger partial charge on any atom is 0.338 e. The van der Waals surface area contributed by atoms with Gasteiger partial charge in [0, 0.05) is 17.3 Å². The van der Waals surface area contributed by atoms with Crippen LogP contribution < -0.4 is 10.6 Å². The van der Waals surface area contributed by atoms with Gasteiger partial charge in [-0.25, -0.2) is 14.6 Å². The first-order chi connectivity index (χ1) is 11.2. The highest BCUT2D eigenvalue weighted by Gasteiger charge is 2.34. The Morgan fingerprint density at radius 2 is 2.39 bits per heavy atom. The number of amides is 2. The molecule has 0 saturated carbocycles. The van der Waals surface area contributed by atoms with Gasteiger partial charge >= 0.3 is 12.0 Å². The number of hydrogen-bond donors (Lipinski definition) is 2. The van der Waals surface area contributed by atoms with Crippen LogP contribution in [0.5, 0.6) is 0 Å². The Morgan fingerprint density at radius 1 is 1.52 bits per heavy atom. The summed E-state index contributed by atoms with van der Waals surface area (Å²) in [4.78, 5) is 29.3. The number of aromatic nitrogens is 2. The lowest BCUT2D eigenvalue weighted by Gasteiger charge is -2.28. The number of imidazole rings is 1. The molecular formula is C15H16N4O3S. The molecule has 2 N–H and O–H groups in total. The first-order valence-corrected chi connectivity index (χ1v) is 8.03. The lowest BCUT2D eigenvalue weighted by molar-refractivity contribution is -0.139. The standard InChI is InChI=1S/C15H16N4O3S/c1-2-22-14(20)12-10(8-19-6-5-16-9-19)17-15(21)18-13(12)11-4-3-7-23-11/h3-7,9,13H,2,8H2,1H3,(H2,17,18,21)/t13-/m1/s1. The maximum absolute atomic E-state index is 12.5. The van der Waals surface area contributed by atoms with Crippen LogP contribution in [0.4, 0.5) is 4.79 Å². The van der Waals surface area contributed by atoms with Crippen LogP contribution in [0.25, 0.3) is 0 Å². The fourth-order valence-electron chi connectivity index (χ4n) is 2.42. The molecule has 2 amide bonds. The van der Waals surface area contributed by atoms with Crippen molar-refractivity contribution in [2.75, 3.05) is 6.61 Å². The van der Waals surface area contributed by atoms with Gasteiger partial charge in [0.15, 0.2) is 0 Å². The lowest BCUT2D eigenvalue weighted by Crippen LogP contribution is -2.46. The van der Waals surface area contributed by atoms with Gasteiger partial charge in [0.05, 0.1) is 36.8 Å². The highest BCUT2D eigenvalue weighted by Crippen LogP contribution is 2.31. The second-order valence-corrected chi connectivity index (χ2v) is 5.87. The number of nitrogens with one attached hydrogen (secondary N) is 2. The van der Waals surface area contributed by atoms with E-state index in [1.165, 1.54) is 11.3 Å².